The normalized spacial score (nSPS) is 10.5. The standard InChI is InChI=1S/C15H20N4O2S/c1-4-12-13(6-5-10(2)17-12)21-9-14(20)16-8-7-15-19-18-11(3)22-15/h5-6H,4,7-9H2,1-3H3,(H,16,20). The van der Waals surface area contributed by atoms with E-state index in [1.54, 1.807) is 11.3 Å². The zero-order valence-corrected chi connectivity index (χ0v) is 13.9. The smallest absolute Gasteiger partial charge is 0.257 e. The first kappa shape index (κ1) is 16.4. The van der Waals surface area contributed by atoms with E-state index in [0.29, 0.717) is 18.7 Å². The van der Waals surface area contributed by atoms with Crippen LogP contribution in [-0.4, -0.2) is 34.2 Å². The Bertz CT molecular complexity index is 642. The largest absolute Gasteiger partial charge is 0.482 e. The molecule has 0 saturated carbocycles. The molecule has 0 aliphatic heterocycles. The molecule has 0 unspecified atom stereocenters. The zero-order chi connectivity index (χ0) is 15.9. The number of hydrogen-bond acceptors (Lipinski definition) is 6. The lowest BCUT2D eigenvalue weighted by Crippen LogP contribution is -2.30. The number of aryl methyl sites for hydroxylation is 3. The van der Waals surface area contributed by atoms with Gasteiger partial charge in [0.2, 0.25) is 0 Å². The Labute approximate surface area is 134 Å². The summed E-state index contributed by atoms with van der Waals surface area (Å²) in [6.45, 7) is 6.38. The van der Waals surface area contributed by atoms with Gasteiger partial charge in [-0.25, -0.2) is 0 Å². The molecule has 1 amide bonds. The van der Waals surface area contributed by atoms with Gasteiger partial charge in [0.25, 0.3) is 5.91 Å². The summed E-state index contributed by atoms with van der Waals surface area (Å²) in [5.74, 6) is 0.520. The minimum atomic E-state index is -0.149. The lowest BCUT2D eigenvalue weighted by atomic mass is 10.2. The molecule has 2 heterocycles. The van der Waals surface area contributed by atoms with Crippen molar-refractivity contribution in [3.63, 3.8) is 0 Å². The molecule has 0 atom stereocenters. The summed E-state index contributed by atoms with van der Waals surface area (Å²) in [6.07, 6.45) is 1.46. The van der Waals surface area contributed by atoms with E-state index in [9.17, 15) is 4.79 Å². The minimum absolute atomic E-state index is 0.00706. The van der Waals surface area contributed by atoms with E-state index in [-0.39, 0.29) is 12.5 Å². The molecule has 0 aromatic carbocycles. The Balaban J connectivity index is 1.75. The average molecular weight is 320 g/mol. The third-order valence-electron chi connectivity index (χ3n) is 2.99. The van der Waals surface area contributed by atoms with E-state index in [1.807, 2.05) is 32.9 Å². The second kappa shape index (κ2) is 7.84. The number of carbonyl (C=O) groups excluding carboxylic acids is 1. The average Bonchev–Trinajstić information content (AvgIpc) is 2.91. The van der Waals surface area contributed by atoms with Crippen molar-refractivity contribution >= 4 is 17.2 Å². The molecular formula is C15H20N4O2S. The van der Waals surface area contributed by atoms with Gasteiger partial charge in [-0.1, -0.05) is 6.92 Å². The number of nitrogens with zero attached hydrogens (tertiary/aromatic N) is 3. The predicted molar refractivity (Wildman–Crippen MR) is 85.2 cm³/mol. The lowest BCUT2D eigenvalue weighted by molar-refractivity contribution is -0.123. The van der Waals surface area contributed by atoms with E-state index in [4.69, 9.17) is 4.74 Å². The number of aromatic nitrogens is 3. The topological polar surface area (TPSA) is 77.0 Å². The van der Waals surface area contributed by atoms with Crippen LogP contribution < -0.4 is 10.1 Å². The van der Waals surface area contributed by atoms with Gasteiger partial charge in [0.15, 0.2) is 6.61 Å². The van der Waals surface area contributed by atoms with Gasteiger partial charge in [0, 0.05) is 18.7 Å². The fourth-order valence-electron chi connectivity index (χ4n) is 1.92. The molecule has 2 aromatic heterocycles. The van der Waals surface area contributed by atoms with E-state index >= 15 is 0 Å². The van der Waals surface area contributed by atoms with Gasteiger partial charge in [-0.15, -0.1) is 21.5 Å². The van der Waals surface area contributed by atoms with Crippen LogP contribution in [0.2, 0.25) is 0 Å². The molecule has 0 saturated heterocycles. The number of pyridine rings is 1. The highest BCUT2D eigenvalue weighted by atomic mass is 32.1. The summed E-state index contributed by atoms with van der Waals surface area (Å²) in [4.78, 5) is 16.2. The number of carbonyl (C=O) groups is 1. The molecule has 0 fully saturated rings. The van der Waals surface area contributed by atoms with E-state index in [2.05, 4.69) is 20.5 Å². The van der Waals surface area contributed by atoms with Crippen molar-refractivity contribution in [2.24, 2.45) is 0 Å². The molecule has 1 N–H and O–H groups in total. The van der Waals surface area contributed by atoms with Crippen molar-refractivity contribution in [1.82, 2.24) is 20.5 Å². The molecule has 6 nitrogen and oxygen atoms in total. The number of ether oxygens (including phenoxy) is 1. The quantitative estimate of drug-likeness (QED) is 0.842. The SMILES string of the molecule is CCc1nc(C)ccc1OCC(=O)NCCc1nnc(C)s1. The molecule has 22 heavy (non-hydrogen) atoms. The van der Waals surface area contributed by atoms with Crippen LogP contribution in [-0.2, 0) is 17.6 Å². The van der Waals surface area contributed by atoms with Crippen molar-refractivity contribution in [3.05, 3.63) is 33.5 Å². The van der Waals surface area contributed by atoms with E-state index in [1.165, 1.54) is 0 Å². The zero-order valence-electron chi connectivity index (χ0n) is 13.0. The summed E-state index contributed by atoms with van der Waals surface area (Å²) in [5, 5.41) is 12.6. The summed E-state index contributed by atoms with van der Waals surface area (Å²) in [7, 11) is 0. The molecule has 2 rings (SSSR count). The first-order chi connectivity index (χ1) is 10.6. The minimum Gasteiger partial charge on any atom is -0.482 e. The van der Waals surface area contributed by atoms with Gasteiger partial charge in [-0.2, -0.15) is 0 Å². The first-order valence-electron chi connectivity index (χ1n) is 7.23. The Hall–Kier alpha value is -2.02. The monoisotopic (exact) mass is 320 g/mol. The van der Waals surface area contributed by atoms with Gasteiger partial charge in [-0.05, 0) is 32.4 Å². The van der Waals surface area contributed by atoms with Crippen LogP contribution in [0.25, 0.3) is 0 Å². The fraction of sp³-hybridized carbons (Fsp3) is 0.467. The highest BCUT2D eigenvalue weighted by molar-refractivity contribution is 7.11. The third-order valence-corrected chi connectivity index (χ3v) is 3.89. The number of hydrogen-bond donors (Lipinski definition) is 1. The van der Waals surface area contributed by atoms with Crippen molar-refractivity contribution in [1.29, 1.82) is 0 Å². The highest BCUT2D eigenvalue weighted by Gasteiger charge is 2.08. The van der Waals surface area contributed by atoms with Crippen LogP contribution in [0.4, 0.5) is 0 Å². The molecule has 7 heteroatoms. The molecule has 2 aromatic rings. The summed E-state index contributed by atoms with van der Waals surface area (Å²) < 4.78 is 5.55. The van der Waals surface area contributed by atoms with Crippen LogP contribution >= 0.6 is 11.3 Å². The van der Waals surface area contributed by atoms with Crippen molar-refractivity contribution in [2.75, 3.05) is 13.2 Å². The van der Waals surface area contributed by atoms with Crippen LogP contribution in [0.15, 0.2) is 12.1 Å². The number of amides is 1. The van der Waals surface area contributed by atoms with Crippen LogP contribution in [0.3, 0.4) is 0 Å². The van der Waals surface area contributed by atoms with Gasteiger partial charge in [0.1, 0.15) is 15.8 Å². The molecule has 0 aliphatic rings. The Morgan fingerprint density at radius 3 is 2.82 bits per heavy atom. The van der Waals surface area contributed by atoms with Gasteiger partial charge < -0.3 is 10.1 Å². The molecule has 0 aliphatic carbocycles. The number of rotatable bonds is 7. The van der Waals surface area contributed by atoms with Crippen molar-refractivity contribution in [2.45, 2.75) is 33.6 Å². The molecule has 0 radical (unpaired) electrons. The number of nitrogens with one attached hydrogen (secondary N) is 1. The second-order valence-corrected chi connectivity index (χ2v) is 6.12. The molecular weight excluding hydrogens is 300 g/mol. The first-order valence-corrected chi connectivity index (χ1v) is 8.05. The summed E-state index contributed by atoms with van der Waals surface area (Å²) in [6, 6.07) is 3.74. The maximum atomic E-state index is 11.8. The van der Waals surface area contributed by atoms with Gasteiger partial charge in [0.05, 0.1) is 5.69 Å². The maximum Gasteiger partial charge on any atom is 0.257 e. The van der Waals surface area contributed by atoms with Crippen LogP contribution in [0.1, 0.15) is 28.3 Å². The Morgan fingerprint density at radius 2 is 2.14 bits per heavy atom. The van der Waals surface area contributed by atoms with Crippen molar-refractivity contribution in [3.8, 4) is 5.75 Å². The second-order valence-electron chi connectivity index (χ2n) is 4.85. The van der Waals surface area contributed by atoms with Gasteiger partial charge in [-0.3, -0.25) is 9.78 Å². The lowest BCUT2D eigenvalue weighted by Gasteiger charge is -2.10. The molecule has 0 bridgehead atoms. The van der Waals surface area contributed by atoms with Crippen molar-refractivity contribution < 1.29 is 9.53 Å². The summed E-state index contributed by atoms with van der Waals surface area (Å²) in [5.41, 5.74) is 1.82. The maximum absolute atomic E-state index is 11.8. The third kappa shape index (κ3) is 4.77. The van der Waals surface area contributed by atoms with Crippen LogP contribution in [0, 0.1) is 13.8 Å². The summed E-state index contributed by atoms with van der Waals surface area (Å²) >= 11 is 1.54. The Morgan fingerprint density at radius 1 is 1.32 bits per heavy atom. The predicted octanol–water partition coefficient (Wildman–Crippen LogP) is 1.85. The van der Waals surface area contributed by atoms with E-state index in [0.717, 1.165) is 27.8 Å². The Kier molecular flexibility index (Phi) is 5.83. The highest BCUT2D eigenvalue weighted by Crippen LogP contribution is 2.17. The fourth-order valence-corrected chi connectivity index (χ4v) is 2.63. The molecule has 0 spiro atoms. The van der Waals surface area contributed by atoms with Crippen LogP contribution in [0.5, 0.6) is 5.75 Å². The van der Waals surface area contributed by atoms with Gasteiger partial charge >= 0.3 is 0 Å². The molecule has 118 valence electrons. The van der Waals surface area contributed by atoms with E-state index < -0.39 is 0 Å².